The van der Waals surface area contributed by atoms with E-state index in [1.54, 1.807) is 39.8 Å². The number of H-pyrrole nitrogens is 1. The lowest BCUT2D eigenvalue weighted by atomic mass is 9.99. The number of phenols is 1. The van der Waals surface area contributed by atoms with Crippen LogP contribution in [0.4, 0.5) is 0 Å². The number of amides is 9. The van der Waals surface area contributed by atoms with Gasteiger partial charge in [-0.3, -0.25) is 59.4 Å². The number of aliphatic hydroxyl groups is 1. The van der Waals surface area contributed by atoms with Crippen LogP contribution in [0.3, 0.4) is 0 Å². The summed E-state index contributed by atoms with van der Waals surface area (Å²) in [5.74, 6) is -8.99. The van der Waals surface area contributed by atoms with Gasteiger partial charge in [-0.2, -0.15) is 0 Å². The first kappa shape index (κ1) is 68.3. The number of aromatic amines is 1. The number of imidazole rings is 1. The first-order valence-electron chi connectivity index (χ1n) is 26.5. The molecule has 31 heteroatoms. The molecule has 0 saturated carbocycles. The molecule has 1 heterocycles. The molecule has 2 rings (SSSR count). The molecule has 2 aromatic rings. The lowest BCUT2D eigenvalue weighted by Gasteiger charge is -2.29. The van der Waals surface area contributed by atoms with E-state index in [0.717, 1.165) is 0 Å². The quantitative estimate of drug-likeness (QED) is 0.0171. The lowest BCUT2D eigenvalue weighted by molar-refractivity contribution is -0.136. The Bertz CT molecular complexity index is 2420. The number of nitrogens with two attached hydrogens (primary N) is 4. The number of nitrogens with zero attached hydrogens (tertiary/aromatic N) is 1. The topological polar surface area (TPSA) is 531 Å². The number of hydrogen-bond acceptors (Lipinski definition) is 15. The van der Waals surface area contributed by atoms with E-state index >= 15 is 0 Å². The maximum absolute atomic E-state index is 14.6. The average Bonchev–Trinajstić information content (AvgIpc) is 3.93. The van der Waals surface area contributed by atoms with Gasteiger partial charge in [-0.1, -0.05) is 39.8 Å². The Morgan fingerprint density at radius 2 is 0.864 bits per heavy atom. The molecule has 0 spiro atoms. The predicted molar refractivity (Wildman–Crippen MR) is 298 cm³/mol. The predicted octanol–water partition coefficient (Wildman–Crippen LogP) is -4.84. The Morgan fingerprint density at radius 3 is 1.20 bits per heavy atom. The maximum Gasteiger partial charge on any atom is 0.243 e. The van der Waals surface area contributed by atoms with Crippen LogP contribution in [0.1, 0.15) is 97.2 Å². The van der Waals surface area contributed by atoms with Crippen molar-refractivity contribution in [1.82, 2.24) is 68.5 Å². The molecule has 1 aromatic heterocycles. The Labute approximate surface area is 469 Å². The number of benzene rings is 1. The fourth-order valence-electron chi connectivity index (χ4n) is 8.06. The van der Waals surface area contributed by atoms with Gasteiger partial charge in [0.15, 0.2) is 17.9 Å². The van der Waals surface area contributed by atoms with Crippen molar-refractivity contribution in [3.63, 3.8) is 0 Å². The van der Waals surface area contributed by atoms with E-state index in [1.165, 1.54) is 31.6 Å². The van der Waals surface area contributed by atoms with Crippen LogP contribution in [0.15, 0.2) is 36.8 Å². The number of primary amides is 1. The van der Waals surface area contributed by atoms with Gasteiger partial charge in [-0.25, -0.2) is 4.98 Å². The second-order valence-corrected chi connectivity index (χ2v) is 20.1. The number of aromatic hydroxyl groups is 1. The van der Waals surface area contributed by atoms with Gasteiger partial charge in [-0.15, -0.1) is 0 Å². The molecule has 81 heavy (non-hydrogen) atoms. The number of aromatic nitrogens is 2. The van der Waals surface area contributed by atoms with Crippen LogP contribution in [0, 0.1) is 28.1 Å². The van der Waals surface area contributed by atoms with Crippen molar-refractivity contribution in [1.29, 1.82) is 16.2 Å². The normalized spacial score (nSPS) is 13.9. The van der Waals surface area contributed by atoms with E-state index in [9.17, 15) is 53.4 Å². The van der Waals surface area contributed by atoms with E-state index in [0.29, 0.717) is 11.3 Å². The fraction of sp³-hybridized carbons (Fsp3) is 0.580. The molecular weight excluding hydrogens is 1060 g/mol. The monoisotopic (exact) mass is 1140 g/mol. The van der Waals surface area contributed by atoms with E-state index < -0.39 is 108 Å². The zero-order chi connectivity index (χ0) is 60.8. The molecule has 1 aromatic carbocycles. The third-order valence-corrected chi connectivity index (χ3v) is 12.0. The summed E-state index contributed by atoms with van der Waals surface area (Å²) in [6.45, 7) is 7.76. The first-order chi connectivity index (χ1) is 38.2. The third kappa shape index (κ3) is 27.6. The summed E-state index contributed by atoms with van der Waals surface area (Å²) >= 11 is 0. The molecule has 0 aliphatic heterocycles. The number of aliphatic hydroxyl groups excluding tert-OH is 1. The van der Waals surface area contributed by atoms with Crippen LogP contribution in [-0.2, 0) is 56.0 Å². The molecule has 31 nitrogen and oxygen atoms in total. The summed E-state index contributed by atoms with van der Waals surface area (Å²) in [7, 11) is 0. The smallest absolute Gasteiger partial charge is 0.243 e. The molecule has 0 bridgehead atoms. The molecule has 0 radical (unpaired) electrons. The zero-order valence-corrected chi connectivity index (χ0v) is 46.5. The van der Waals surface area contributed by atoms with Crippen molar-refractivity contribution in [3.05, 3.63) is 48.0 Å². The second-order valence-electron chi connectivity index (χ2n) is 20.1. The standard InChI is InChI=1S/C50H84N20O11/c1-26(2)19-35(44(78)68-36(20-27(3)4)45(79)70-39(24-71)40(51)74)67-42(76)33(10-7-17-60-49(54)55)64-41(75)32(9-6-16-59-48(52)53)66-47(81)38(22-30-23-58-25-62-30)69-43(77)34(11-8-18-61-50(56)57)65-46(80)37(63-28(5)72)21-29-12-14-31(73)15-13-29/h12-15,23,25-27,32-39,71,73H,6-11,16-22,24H2,1-5H3,(H2,51,74)(H,58,62)(H,63,72)(H,64,75)(H,65,80)(H,66,81)(H,67,76)(H,68,78)(H,69,77)(H,70,79)(H4,52,53,59)(H4,54,55,60)(H4,56,57,61)/t32-,33-,34-,35-,36-,37-,38-,39-/m0/s1. The molecule has 0 aliphatic rings. The summed E-state index contributed by atoms with van der Waals surface area (Å²) in [5.41, 5.74) is 22.6. The van der Waals surface area contributed by atoms with Crippen molar-refractivity contribution in [3.8, 4) is 5.75 Å². The summed E-state index contributed by atoms with van der Waals surface area (Å²) in [6.07, 6.45) is 2.69. The summed E-state index contributed by atoms with van der Waals surface area (Å²) < 4.78 is 0. The summed E-state index contributed by atoms with van der Waals surface area (Å²) in [6, 6.07) is -5.02. The Kier molecular flexibility index (Phi) is 30.1. The van der Waals surface area contributed by atoms with Crippen LogP contribution in [0.2, 0.25) is 0 Å². The molecular formula is C50H84N20O11. The first-order valence-corrected chi connectivity index (χ1v) is 26.5. The van der Waals surface area contributed by atoms with Crippen LogP contribution in [0.25, 0.3) is 0 Å². The minimum Gasteiger partial charge on any atom is -0.508 e. The highest BCUT2D eigenvalue weighted by Crippen LogP contribution is 2.14. The van der Waals surface area contributed by atoms with Crippen molar-refractivity contribution in [2.24, 2.45) is 34.8 Å². The Morgan fingerprint density at radius 1 is 0.519 bits per heavy atom. The van der Waals surface area contributed by atoms with E-state index in [2.05, 4.69) is 68.5 Å². The highest BCUT2D eigenvalue weighted by molar-refractivity contribution is 5.98. The number of nitrogens with one attached hydrogen (secondary N) is 15. The van der Waals surface area contributed by atoms with Gasteiger partial charge in [0.25, 0.3) is 0 Å². The van der Waals surface area contributed by atoms with Gasteiger partial charge in [-0.05, 0) is 80.9 Å². The number of carbonyl (C=O) groups is 9. The highest BCUT2D eigenvalue weighted by Gasteiger charge is 2.35. The molecule has 0 saturated heterocycles. The Hall–Kier alpha value is -8.77. The lowest BCUT2D eigenvalue weighted by Crippen LogP contribution is -2.61. The summed E-state index contributed by atoms with van der Waals surface area (Å²) in [4.78, 5) is 130. The van der Waals surface area contributed by atoms with Crippen molar-refractivity contribution in [2.45, 2.75) is 147 Å². The third-order valence-electron chi connectivity index (χ3n) is 12.0. The van der Waals surface area contributed by atoms with Crippen LogP contribution in [0.5, 0.6) is 5.75 Å². The van der Waals surface area contributed by atoms with Crippen molar-refractivity contribution >= 4 is 71.0 Å². The summed E-state index contributed by atoms with van der Waals surface area (Å²) in [5, 5.41) is 70.9. The fourth-order valence-corrected chi connectivity index (χ4v) is 8.06. The van der Waals surface area contributed by atoms with E-state index in [-0.39, 0.29) is 119 Å². The van der Waals surface area contributed by atoms with Gasteiger partial charge in [0.1, 0.15) is 54.1 Å². The van der Waals surface area contributed by atoms with Gasteiger partial charge in [0.2, 0.25) is 53.2 Å². The molecule has 450 valence electrons. The minimum absolute atomic E-state index is 0.0290. The number of carbonyl (C=O) groups excluding carboxylic acids is 9. The molecule has 25 N–H and O–H groups in total. The van der Waals surface area contributed by atoms with Crippen molar-refractivity contribution in [2.75, 3.05) is 26.2 Å². The Balaban J connectivity index is 2.58. The molecule has 0 unspecified atom stereocenters. The number of rotatable bonds is 37. The number of hydrogen-bond donors (Lipinski definition) is 21. The maximum atomic E-state index is 14.6. The molecule has 0 fully saturated rings. The highest BCUT2D eigenvalue weighted by atomic mass is 16.3. The molecule has 8 atom stereocenters. The average molecular weight is 1140 g/mol. The van der Waals surface area contributed by atoms with Crippen LogP contribution >= 0.6 is 0 Å². The van der Waals surface area contributed by atoms with Crippen LogP contribution in [-0.4, -0.2) is 166 Å². The van der Waals surface area contributed by atoms with Crippen molar-refractivity contribution < 1.29 is 53.4 Å². The molecule has 0 aliphatic carbocycles. The second kappa shape index (κ2) is 35.7. The number of guanidine groups is 3. The molecule has 9 amide bonds. The SMILES string of the molecule is CC(=O)N[C@@H](Cc1ccc(O)cc1)C(=O)N[C@@H](CCCNC(=N)N)C(=O)N[C@@H](Cc1c[nH]cn1)C(=O)N[C@@H](CCCNC(=N)N)C(=O)N[C@@H](CCCNC(=N)N)C(=O)N[C@@H](CC(C)C)C(=O)N[C@@H](CC(C)C)C(=O)N[C@@H](CO)C(N)=O. The van der Waals surface area contributed by atoms with E-state index in [4.69, 9.17) is 39.2 Å². The largest absolute Gasteiger partial charge is 0.508 e. The van der Waals surface area contributed by atoms with Gasteiger partial charge < -0.3 is 96.6 Å². The van der Waals surface area contributed by atoms with Crippen LogP contribution < -0.4 is 81.4 Å². The van der Waals surface area contributed by atoms with Gasteiger partial charge >= 0.3 is 0 Å². The zero-order valence-electron chi connectivity index (χ0n) is 46.5. The number of phenolic OH excluding ortho intramolecular Hbond substituents is 1. The van der Waals surface area contributed by atoms with E-state index in [1.807, 2.05) is 0 Å². The minimum atomic E-state index is -1.50. The van der Waals surface area contributed by atoms with Gasteiger partial charge in [0, 0.05) is 45.6 Å². The van der Waals surface area contributed by atoms with Gasteiger partial charge in [0.05, 0.1) is 18.6 Å².